The van der Waals surface area contributed by atoms with E-state index in [-0.39, 0.29) is 5.69 Å². The van der Waals surface area contributed by atoms with Crippen LogP contribution in [0.5, 0.6) is 0 Å². The number of imidazole rings is 2. The van der Waals surface area contributed by atoms with E-state index >= 15 is 0 Å². The fourth-order valence-electron chi connectivity index (χ4n) is 2.94. The first kappa shape index (κ1) is 16.3. The van der Waals surface area contributed by atoms with E-state index in [1.807, 2.05) is 24.3 Å². The number of nitriles is 1. The highest BCUT2D eigenvalue weighted by Gasteiger charge is 2.11. The maximum atomic E-state index is 12.1. The van der Waals surface area contributed by atoms with Gasteiger partial charge in [0.15, 0.2) is 11.5 Å². The SMILES string of the molecule is Cn1c(=O)n(C)c2cc(C=C(C#N)c3nc4ncc(Br)cc4[nH]3)ccc21. The van der Waals surface area contributed by atoms with E-state index in [2.05, 4.69) is 37.0 Å². The Balaban J connectivity index is 1.84. The molecule has 8 heteroatoms. The van der Waals surface area contributed by atoms with Crippen molar-refractivity contribution < 1.29 is 0 Å². The van der Waals surface area contributed by atoms with E-state index in [0.717, 1.165) is 26.6 Å². The van der Waals surface area contributed by atoms with E-state index in [4.69, 9.17) is 0 Å². The molecule has 3 aromatic heterocycles. The van der Waals surface area contributed by atoms with Crippen molar-refractivity contribution in [3.05, 3.63) is 56.8 Å². The highest BCUT2D eigenvalue weighted by Crippen LogP contribution is 2.22. The van der Waals surface area contributed by atoms with Crippen molar-refractivity contribution in [3.8, 4) is 6.07 Å². The number of halogens is 1. The number of pyridine rings is 1. The van der Waals surface area contributed by atoms with E-state index in [0.29, 0.717) is 17.0 Å². The molecule has 0 bridgehead atoms. The second-order valence-corrected chi connectivity index (χ2v) is 6.84. The molecular weight excluding hydrogens is 396 g/mol. The summed E-state index contributed by atoms with van der Waals surface area (Å²) in [4.78, 5) is 23.8. The van der Waals surface area contributed by atoms with Crippen LogP contribution in [0.25, 0.3) is 33.8 Å². The molecule has 128 valence electrons. The molecule has 3 heterocycles. The lowest BCUT2D eigenvalue weighted by atomic mass is 10.1. The van der Waals surface area contributed by atoms with E-state index in [9.17, 15) is 10.1 Å². The van der Waals surface area contributed by atoms with Crippen molar-refractivity contribution in [3.63, 3.8) is 0 Å². The largest absolute Gasteiger partial charge is 0.336 e. The lowest BCUT2D eigenvalue weighted by Crippen LogP contribution is -2.19. The summed E-state index contributed by atoms with van der Waals surface area (Å²) in [6.45, 7) is 0. The van der Waals surface area contributed by atoms with Gasteiger partial charge in [-0.25, -0.2) is 14.8 Å². The van der Waals surface area contributed by atoms with Gasteiger partial charge in [-0.05, 0) is 45.8 Å². The van der Waals surface area contributed by atoms with Crippen LogP contribution >= 0.6 is 15.9 Å². The molecule has 0 aliphatic rings. The molecule has 0 spiro atoms. The van der Waals surface area contributed by atoms with Gasteiger partial charge in [-0.3, -0.25) is 9.13 Å². The van der Waals surface area contributed by atoms with Crippen molar-refractivity contribution in [1.29, 1.82) is 5.26 Å². The molecule has 0 amide bonds. The molecule has 0 aliphatic carbocycles. The van der Waals surface area contributed by atoms with Gasteiger partial charge >= 0.3 is 5.69 Å². The smallest absolute Gasteiger partial charge is 0.328 e. The number of H-pyrrole nitrogens is 1. The Bertz CT molecular complexity index is 1300. The van der Waals surface area contributed by atoms with Crippen LogP contribution in [0.1, 0.15) is 11.4 Å². The van der Waals surface area contributed by atoms with Gasteiger partial charge in [0.1, 0.15) is 6.07 Å². The number of benzene rings is 1. The number of fused-ring (bicyclic) bond motifs is 2. The van der Waals surface area contributed by atoms with Gasteiger partial charge in [-0.1, -0.05) is 6.07 Å². The molecule has 4 aromatic rings. The van der Waals surface area contributed by atoms with Crippen molar-refractivity contribution in [2.24, 2.45) is 14.1 Å². The number of hydrogen-bond acceptors (Lipinski definition) is 4. The standard InChI is InChI=1S/C18H13BrN6O/c1-24-14-4-3-10(6-15(14)25(2)18(24)26)5-11(8-20)16-22-13-7-12(19)9-21-17(13)23-16/h3-7,9H,1-2H3,(H,21,22,23). The number of aromatic nitrogens is 5. The second-order valence-electron chi connectivity index (χ2n) is 5.93. The molecule has 0 saturated carbocycles. The number of nitrogens with zero attached hydrogens (tertiary/aromatic N) is 5. The molecule has 0 atom stereocenters. The summed E-state index contributed by atoms with van der Waals surface area (Å²) in [6.07, 6.45) is 3.40. The van der Waals surface area contributed by atoms with Crippen LogP contribution in [0.4, 0.5) is 0 Å². The first-order valence-corrected chi connectivity index (χ1v) is 8.56. The van der Waals surface area contributed by atoms with Gasteiger partial charge in [-0.2, -0.15) is 5.26 Å². The summed E-state index contributed by atoms with van der Waals surface area (Å²) in [5.74, 6) is 0.454. The number of hydrogen-bond donors (Lipinski definition) is 1. The quantitative estimate of drug-likeness (QED) is 0.516. The molecule has 0 unspecified atom stereocenters. The summed E-state index contributed by atoms with van der Waals surface area (Å²) < 4.78 is 4.01. The highest BCUT2D eigenvalue weighted by molar-refractivity contribution is 9.10. The van der Waals surface area contributed by atoms with Crippen LogP contribution in [0, 0.1) is 11.3 Å². The summed E-state index contributed by atoms with van der Waals surface area (Å²) in [5.41, 5.74) is 4.05. The van der Waals surface area contributed by atoms with E-state index in [1.54, 1.807) is 35.5 Å². The summed E-state index contributed by atoms with van der Waals surface area (Å²) in [7, 11) is 3.46. The van der Waals surface area contributed by atoms with Crippen LogP contribution in [0.2, 0.25) is 0 Å². The summed E-state index contributed by atoms with van der Waals surface area (Å²) in [6, 6.07) is 9.66. The molecule has 26 heavy (non-hydrogen) atoms. The third-order valence-corrected chi connectivity index (χ3v) is 4.72. The van der Waals surface area contributed by atoms with Gasteiger partial charge in [0.25, 0.3) is 0 Å². The Morgan fingerprint density at radius 2 is 2.04 bits per heavy atom. The number of aryl methyl sites for hydroxylation is 2. The van der Waals surface area contributed by atoms with E-state index < -0.39 is 0 Å². The summed E-state index contributed by atoms with van der Waals surface area (Å²) in [5, 5.41) is 9.57. The van der Waals surface area contributed by atoms with Crippen LogP contribution in [-0.4, -0.2) is 24.1 Å². The number of rotatable bonds is 2. The number of aromatic amines is 1. The van der Waals surface area contributed by atoms with Crippen LogP contribution in [0.3, 0.4) is 0 Å². The Labute approximate surface area is 156 Å². The van der Waals surface area contributed by atoms with E-state index in [1.165, 1.54) is 0 Å². The lowest BCUT2D eigenvalue weighted by molar-refractivity contribution is 0.795. The van der Waals surface area contributed by atoms with Crippen LogP contribution in [-0.2, 0) is 14.1 Å². The minimum atomic E-state index is -0.0874. The van der Waals surface area contributed by atoms with Crippen LogP contribution in [0.15, 0.2) is 39.7 Å². The van der Waals surface area contributed by atoms with Gasteiger partial charge in [0.2, 0.25) is 0 Å². The monoisotopic (exact) mass is 408 g/mol. The Kier molecular flexibility index (Phi) is 3.74. The number of allylic oxidation sites excluding steroid dienone is 1. The average molecular weight is 409 g/mol. The zero-order valence-corrected chi connectivity index (χ0v) is 15.6. The minimum Gasteiger partial charge on any atom is -0.336 e. The molecule has 0 radical (unpaired) electrons. The van der Waals surface area contributed by atoms with Crippen molar-refractivity contribution in [1.82, 2.24) is 24.1 Å². The molecule has 0 fully saturated rings. The van der Waals surface area contributed by atoms with Gasteiger partial charge < -0.3 is 4.98 Å². The minimum absolute atomic E-state index is 0.0874. The topological polar surface area (TPSA) is 92.3 Å². The molecule has 7 nitrogen and oxygen atoms in total. The maximum Gasteiger partial charge on any atom is 0.328 e. The van der Waals surface area contributed by atoms with Gasteiger partial charge in [-0.15, -0.1) is 0 Å². The molecular formula is C18H13BrN6O. The van der Waals surface area contributed by atoms with Crippen molar-refractivity contribution in [2.45, 2.75) is 0 Å². The lowest BCUT2D eigenvalue weighted by Gasteiger charge is -1.99. The van der Waals surface area contributed by atoms with Crippen molar-refractivity contribution in [2.75, 3.05) is 0 Å². The zero-order chi connectivity index (χ0) is 18.4. The molecule has 0 aliphatic heterocycles. The molecule has 1 N–H and O–H groups in total. The normalized spacial score (nSPS) is 12.0. The predicted octanol–water partition coefficient (Wildman–Crippen LogP) is 2.97. The fraction of sp³-hybridized carbons (Fsp3) is 0.111. The third kappa shape index (κ3) is 2.53. The highest BCUT2D eigenvalue weighted by atomic mass is 79.9. The van der Waals surface area contributed by atoms with Gasteiger partial charge in [0.05, 0.1) is 22.1 Å². The Hall–Kier alpha value is -3.18. The third-order valence-electron chi connectivity index (χ3n) is 4.29. The maximum absolute atomic E-state index is 12.1. The first-order valence-electron chi connectivity index (χ1n) is 7.77. The Morgan fingerprint density at radius 3 is 2.81 bits per heavy atom. The summed E-state index contributed by atoms with van der Waals surface area (Å²) >= 11 is 3.37. The van der Waals surface area contributed by atoms with Crippen molar-refractivity contribution >= 4 is 49.8 Å². The van der Waals surface area contributed by atoms with Gasteiger partial charge in [0, 0.05) is 24.8 Å². The predicted molar refractivity (Wildman–Crippen MR) is 103 cm³/mol. The first-order chi connectivity index (χ1) is 12.5. The Morgan fingerprint density at radius 1 is 1.27 bits per heavy atom. The second kappa shape index (κ2) is 5.97. The molecule has 4 rings (SSSR count). The molecule has 0 saturated heterocycles. The fourth-order valence-corrected chi connectivity index (χ4v) is 3.27. The zero-order valence-electron chi connectivity index (χ0n) is 14.0. The molecule has 1 aromatic carbocycles. The van der Waals surface area contributed by atoms with Crippen LogP contribution < -0.4 is 5.69 Å². The number of nitrogens with one attached hydrogen (secondary N) is 1. The average Bonchev–Trinajstić information content (AvgIpc) is 3.14.